The maximum Gasteiger partial charge on any atom is 0.272 e. The Morgan fingerprint density at radius 3 is 2.36 bits per heavy atom. The number of halogens is 2. The zero-order valence-corrected chi connectivity index (χ0v) is 13.8. The van der Waals surface area contributed by atoms with Crippen LogP contribution in [0.25, 0.3) is 0 Å². The molecule has 0 aliphatic rings. The summed E-state index contributed by atoms with van der Waals surface area (Å²) >= 11 is 11.9. The largest absolute Gasteiger partial charge is 0.272 e. The predicted octanol–water partition coefficient (Wildman–Crippen LogP) is 4.78. The van der Waals surface area contributed by atoms with Crippen LogP contribution < -0.4 is 5.43 Å². The van der Waals surface area contributed by atoms with Gasteiger partial charge in [0.05, 0.1) is 16.3 Å². The van der Waals surface area contributed by atoms with Gasteiger partial charge in [-0.1, -0.05) is 67.4 Å². The molecule has 22 heavy (non-hydrogen) atoms. The lowest BCUT2D eigenvalue weighted by atomic mass is 10.0. The standard InChI is InChI=1S/C17H16Cl2N2O/c1-11(2)16(12-6-4-3-5-7-12)20-21-17(22)14-9-8-13(18)10-15(14)19/h3-11H,1-2H3,(H,21,22)/b20-16-. The molecule has 2 aromatic rings. The van der Waals surface area contributed by atoms with Gasteiger partial charge in [-0.2, -0.15) is 5.10 Å². The SMILES string of the molecule is CC(C)/C(=N/NC(=O)c1ccc(Cl)cc1Cl)c1ccccc1. The highest BCUT2D eigenvalue weighted by molar-refractivity contribution is 6.36. The number of rotatable bonds is 4. The fraction of sp³-hybridized carbons (Fsp3) is 0.176. The van der Waals surface area contributed by atoms with Gasteiger partial charge in [0, 0.05) is 5.02 Å². The first-order valence-corrected chi connectivity index (χ1v) is 7.63. The Kier molecular flexibility index (Phi) is 5.58. The molecule has 0 spiro atoms. The third-order valence-corrected chi connectivity index (χ3v) is 3.62. The molecule has 0 aliphatic carbocycles. The molecule has 1 amide bonds. The van der Waals surface area contributed by atoms with Gasteiger partial charge in [-0.05, 0) is 29.7 Å². The van der Waals surface area contributed by atoms with E-state index in [1.165, 1.54) is 6.07 Å². The Bertz CT molecular complexity index is 697. The van der Waals surface area contributed by atoms with Crippen LogP contribution in [0.4, 0.5) is 0 Å². The number of benzene rings is 2. The normalized spacial score (nSPS) is 11.6. The molecule has 3 nitrogen and oxygen atoms in total. The molecule has 0 atom stereocenters. The van der Waals surface area contributed by atoms with Crippen molar-refractivity contribution in [2.45, 2.75) is 13.8 Å². The summed E-state index contributed by atoms with van der Waals surface area (Å²) in [6.45, 7) is 4.04. The first-order valence-electron chi connectivity index (χ1n) is 6.87. The van der Waals surface area contributed by atoms with Crippen molar-refractivity contribution in [2.75, 3.05) is 0 Å². The van der Waals surface area contributed by atoms with Gasteiger partial charge < -0.3 is 0 Å². The predicted molar refractivity (Wildman–Crippen MR) is 91.7 cm³/mol. The number of hydrogen-bond acceptors (Lipinski definition) is 2. The summed E-state index contributed by atoms with van der Waals surface area (Å²) in [6, 6.07) is 14.5. The van der Waals surface area contributed by atoms with E-state index < -0.39 is 0 Å². The van der Waals surface area contributed by atoms with Crippen LogP contribution in [0.15, 0.2) is 53.6 Å². The molecule has 5 heteroatoms. The van der Waals surface area contributed by atoms with Crippen LogP contribution in [0.5, 0.6) is 0 Å². The molecule has 0 aliphatic heterocycles. The number of nitrogens with one attached hydrogen (secondary N) is 1. The summed E-state index contributed by atoms with van der Waals surface area (Å²) in [7, 11) is 0. The average molecular weight is 335 g/mol. The van der Waals surface area contributed by atoms with Crippen LogP contribution in [0, 0.1) is 5.92 Å². The van der Waals surface area contributed by atoms with E-state index in [9.17, 15) is 4.79 Å². The van der Waals surface area contributed by atoms with E-state index in [1.807, 2.05) is 44.2 Å². The van der Waals surface area contributed by atoms with Crippen LogP contribution in [0.3, 0.4) is 0 Å². The van der Waals surface area contributed by atoms with Gasteiger partial charge in [0.1, 0.15) is 0 Å². The fourth-order valence-electron chi connectivity index (χ4n) is 1.98. The molecule has 0 fully saturated rings. The third-order valence-electron chi connectivity index (χ3n) is 3.07. The van der Waals surface area contributed by atoms with Crippen LogP contribution in [0.1, 0.15) is 29.8 Å². The van der Waals surface area contributed by atoms with Crippen molar-refractivity contribution in [2.24, 2.45) is 11.0 Å². The van der Waals surface area contributed by atoms with Gasteiger partial charge in [-0.25, -0.2) is 5.43 Å². The molecule has 0 saturated carbocycles. The van der Waals surface area contributed by atoms with E-state index in [0.717, 1.165) is 11.3 Å². The van der Waals surface area contributed by atoms with Crippen LogP contribution in [-0.4, -0.2) is 11.6 Å². The summed E-state index contributed by atoms with van der Waals surface area (Å²) in [5.74, 6) is -0.195. The van der Waals surface area contributed by atoms with E-state index in [-0.39, 0.29) is 11.8 Å². The molecule has 1 N–H and O–H groups in total. The zero-order chi connectivity index (χ0) is 16.1. The summed E-state index contributed by atoms with van der Waals surface area (Å²) in [5.41, 5.74) is 4.68. The summed E-state index contributed by atoms with van der Waals surface area (Å²) < 4.78 is 0. The number of carbonyl (C=O) groups is 1. The van der Waals surface area contributed by atoms with Crippen molar-refractivity contribution in [3.05, 3.63) is 69.7 Å². The Balaban J connectivity index is 2.22. The lowest BCUT2D eigenvalue weighted by Crippen LogP contribution is -2.22. The summed E-state index contributed by atoms with van der Waals surface area (Å²) in [5, 5.41) is 5.04. The highest BCUT2D eigenvalue weighted by Crippen LogP contribution is 2.20. The van der Waals surface area contributed by atoms with Gasteiger partial charge in [-0.3, -0.25) is 4.79 Å². The van der Waals surface area contributed by atoms with Crippen molar-refractivity contribution >= 4 is 34.8 Å². The first-order chi connectivity index (χ1) is 10.5. The molecule has 0 bridgehead atoms. The average Bonchev–Trinajstić information content (AvgIpc) is 2.48. The van der Waals surface area contributed by atoms with Crippen LogP contribution in [-0.2, 0) is 0 Å². The van der Waals surface area contributed by atoms with Crippen molar-refractivity contribution in [3.63, 3.8) is 0 Å². The van der Waals surface area contributed by atoms with Gasteiger partial charge in [0.2, 0.25) is 0 Å². The zero-order valence-electron chi connectivity index (χ0n) is 12.3. The van der Waals surface area contributed by atoms with E-state index in [2.05, 4.69) is 10.5 Å². The minimum absolute atomic E-state index is 0.170. The molecule has 0 aromatic heterocycles. The van der Waals surface area contributed by atoms with E-state index in [1.54, 1.807) is 12.1 Å². The fourth-order valence-corrected chi connectivity index (χ4v) is 2.48. The van der Waals surface area contributed by atoms with Gasteiger partial charge >= 0.3 is 0 Å². The van der Waals surface area contributed by atoms with E-state index in [0.29, 0.717) is 15.6 Å². The summed E-state index contributed by atoms with van der Waals surface area (Å²) in [6.07, 6.45) is 0. The number of hydrazone groups is 1. The van der Waals surface area contributed by atoms with E-state index in [4.69, 9.17) is 23.2 Å². The third kappa shape index (κ3) is 4.09. The molecular formula is C17H16Cl2N2O. The molecular weight excluding hydrogens is 319 g/mol. The molecule has 0 radical (unpaired) electrons. The maximum absolute atomic E-state index is 12.2. The molecule has 0 unspecified atom stereocenters. The minimum Gasteiger partial charge on any atom is -0.267 e. The van der Waals surface area contributed by atoms with Crippen LogP contribution >= 0.6 is 23.2 Å². The topological polar surface area (TPSA) is 41.5 Å². The van der Waals surface area contributed by atoms with Crippen molar-refractivity contribution < 1.29 is 4.79 Å². The lowest BCUT2D eigenvalue weighted by Gasteiger charge is -2.11. The highest BCUT2D eigenvalue weighted by atomic mass is 35.5. The van der Waals surface area contributed by atoms with Gasteiger partial charge in [-0.15, -0.1) is 0 Å². The molecule has 114 valence electrons. The van der Waals surface area contributed by atoms with Crippen LogP contribution in [0.2, 0.25) is 10.0 Å². The molecule has 2 rings (SSSR count). The van der Waals surface area contributed by atoms with E-state index >= 15 is 0 Å². The number of carbonyl (C=O) groups excluding carboxylic acids is 1. The maximum atomic E-state index is 12.2. The Labute approximate surface area is 139 Å². The Morgan fingerprint density at radius 1 is 1.09 bits per heavy atom. The smallest absolute Gasteiger partial charge is 0.267 e. The van der Waals surface area contributed by atoms with Crippen molar-refractivity contribution in [3.8, 4) is 0 Å². The molecule has 2 aromatic carbocycles. The minimum atomic E-state index is -0.365. The van der Waals surface area contributed by atoms with Gasteiger partial charge in [0.25, 0.3) is 5.91 Å². The van der Waals surface area contributed by atoms with Gasteiger partial charge in [0.15, 0.2) is 0 Å². The second kappa shape index (κ2) is 7.43. The number of hydrogen-bond donors (Lipinski definition) is 1. The number of amides is 1. The monoisotopic (exact) mass is 334 g/mol. The Morgan fingerprint density at radius 2 is 1.77 bits per heavy atom. The highest BCUT2D eigenvalue weighted by Gasteiger charge is 2.12. The molecule has 0 saturated heterocycles. The van der Waals surface area contributed by atoms with Crippen molar-refractivity contribution in [1.29, 1.82) is 0 Å². The second-order valence-electron chi connectivity index (χ2n) is 5.08. The second-order valence-corrected chi connectivity index (χ2v) is 5.93. The molecule has 0 heterocycles. The Hall–Kier alpha value is -1.84. The first kappa shape index (κ1) is 16.5. The quantitative estimate of drug-likeness (QED) is 0.634. The number of nitrogens with zero attached hydrogens (tertiary/aromatic N) is 1. The summed E-state index contributed by atoms with van der Waals surface area (Å²) in [4.78, 5) is 12.2. The lowest BCUT2D eigenvalue weighted by molar-refractivity contribution is 0.0955. The van der Waals surface area contributed by atoms with Crippen molar-refractivity contribution in [1.82, 2.24) is 5.43 Å².